The van der Waals surface area contributed by atoms with E-state index in [4.69, 9.17) is 10.5 Å². The lowest BCUT2D eigenvalue weighted by atomic mass is 10.1. The van der Waals surface area contributed by atoms with Gasteiger partial charge in [-0.3, -0.25) is 0 Å². The Bertz CT molecular complexity index is 552. The van der Waals surface area contributed by atoms with Gasteiger partial charge in [-0.25, -0.2) is 9.97 Å². The SMILES string of the molecule is Nc1ccc2ncnc(NC3CCCOC3)c2c1. The van der Waals surface area contributed by atoms with E-state index in [2.05, 4.69) is 15.3 Å². The van der Waals surface area contributed by atoms with Gasteiger partial charge in [0.25, 0.3) is 0 Å². The van der Waals surface area contributed by atoms with Gasteiger partial charge in [0, 0.05) is 17.7 Å². The fourth-order valence-corrected chi connectivity index (χ4v) is 2.24. The fraction of sp³-hybridized carbons (Fsp3) is 0.385. The van der Waals surface area contributed by atoms with Crippen molar-refractivity contribution in [3.63, 3.8) is 0 Å². The number of nitrogens with two attached hydrogens (primary N) is 1. The molecule has 3 rings (SSSR count). The van der Waals surface area contributed by atoms with E-state index >= 15 is 0 Å². The lowest BCUT2D eigenvalue weighted by Crippen LogP contribution is -2.30. The van der Waals surface area contributed by atoms with Crippen molar-refractivity contribution in [2.45, 2.75) is 18.9 Å². The number of fused-ring (bicyclic) bond motifs is 1. The van der Waals surface area contributed by atoms with Gasteiger partial charge in [0.2, 0.25) is 0 Å². The number of nitrogens with zero attached hydrogens (tertiary/aromatic N) is 2. The summed E-state index contributed by atoms with van der Waals surface area (Å²) in [5.41, 5.74) is 7.44. The van der Waals surface area contributed by atoms with Crippen LogP contribution in [0.1, 0.15) is 12.8 Å². The Morgan fingerprint density at radius 1 is 1.33 bits per heavy atom. The number of hydrogen-bond donors (Lipinski definition) is 2. The van der Waals surface area contributed by atoms with E-state index in [0.717, 1.165) is 48.5 Å². The second-order valence-corrected chi connectivity index (χ2v) is 4.56. The molecule has 0 saturated carbocycles. The summed E-state index contributed by atoms with van der Waals surface area (Å²) in [7, 11) is 0. The fourth-order valence-electron chi connectivity index (χ4n) is 2.24. The average Bonchev–Trinajstić information content (AvgIpc) is 2.41. The van der Waals surface area contributed by atoms with Crippen molar-refractivity contribution in [3.05, 3.63) is 24.5 Å². The van der Waals surface area contributed by atoms with Crippen LogP contribution in [0.3, 0.4) is 0 Å². The number of benzene rings is 1. The predicted octanol–water partition coefficient (Wildman–Crippen LogP) is 1.80. The van der Waals surface area contributed by atoms with Crippen molar-refractivity contribution in [1.29, 1.82) is 0 Å². The number of aromatic nitrogens is 2. The maximum absolute atomic E-state index is 5.82. The van der Waals surface area contributed by atoms with E-state index in [1.54, 1.807) is 6.33 Å². The minimum absolute atomic E-state index is 0.318. The van der Waals surface area contributed by atoms with Gasteiger partial charge in [0.05, 0.1) is 18.2 Å². The number of anilines is 2. The Kier molecular flexibility index (Phi) is 2.98. The molecule has 0 bridgehead atoms. The molecule has 0 aliphatic carbocycles. The molecule has 94 valence electrons. The zero-order chi connectivity index (χ0) is 12.4. The quantitative estimate of drug-likeness (QED) is 0.788. The first kappa shape index (κ1) is 11.2. The highest BCUT2D eigenvalue weighted by atomic mass is 16.5. The van der Waals surface area contributed by atoms with Crippen LogP contribution in [0.15, 0.2) is 24.5 Å². The number of nitrogens with one attached hydrogen (secondary N) is 1. The Hall–Kier alpha value is -1.88. The molecule has 0 spiro atoms. The van der Waals surface area contributed by atoms with E-state index in [-0.39, 0.29) is 0 Å². The molecule has 2 aromatic rings. The minimum Gasteiger partial charge on any atom is -0.399 e. The third kappa shape index (κ3) is 2.22. The van der Waals surface area contributed by atoms with Crippen molar-refractivity contribution in [3.8, 4) is 0 Å². The molecule has 1 aromatic carbocycles. The Morgan fingerprint density at radius 2 is 2.28 bits per heavy atom. The van der Waals surface area contributed by atoms with Crippen LogP contribution < -0.4 is 11.1 Å². The zero-order valence-electron chi connectivity index (χ0n) is 10.1. The summed E-state index contributed by atoms with van der Waals surface area (Å²) in [6, 6.07) is 5.98. The molecule has 5 heteroatoms. The van der Waals surface area contributed by atoms with E-state index in [9.17, 15) is 0 Å². The van der Waals surface area contributed by atoms with Crippen LogP contribution in [0.4, 0.5) is 11.5 Å². The summed E-state index contributed by atoms with van der Waals surface area (Å²) in [6.07, 6.45) is 3.77. The molecule has 0 amide bonds. The molecule has 1 saturated heterocycles. The molecule has 1 fully saturated rings. The molecule has 0 radical (unpaired) electrons. The topological polar surface area (TPSA) is 73.1 Å². The Morgan fingerprint density at radius 3 is 3.11 bits per heavy atom. The van der Waals surface area contributed by atoms with Crippen LogP contribution in [0, 0.1) is 0 Å². The molecular weight excluding hydrogens is 228 g/mol. The zero-order valence-corrected chi connectivity index (χ0v) is 10.1. The summed E-state index contributed by atoms with van der Waals surface area (Å²) < 4.78 is 5.46. The molecule has 1 aliphatic rings. The van der Waals surface area contributed by atoms with E-state index in [0.29, 0.717) is 6.04 Å². The molecular formula is C13H16N4O. The van der Waals surface area contributed by atoms with E-state index < -0.39 is 0 Å². The standard InChI is InChI=1S/C13H16N4O/c14-9-3-4-12-11(6-9)13(16-8-15-12)17-10-2-1-5-18-7-10/h3-4,6,8,10H,1-2,5,7,14H2,(H,15,16,17). The molecule has 5 nitrogen and oxygen atoms in total. The van der Waals surface area contributed by atoms with Gasteiger partial charge in [-0.05, 0) is 31.0 Å². The largest absolute Gasteiger partial charge is 0.399 e. The molecule has 3 N–H and O–H groups in total. The Labute approximate surface area is 105 Å². The summed E-state index contributed by atoms with van der Waals surface area (Å²) in [4.78, 5) is 8.55. The maximum Gasteiger partial charge on any atom is 0.137 e. The van der Waals surface area contributed by atoms with Crippen molar-refractivity contribution in [2.24, 2.45) is 0 Å². The molecule has 1 aromatic heterocycles. The third-order valence-corrected chi connectivity index (χ3v) is 3.16. The highest BCUT2D eigenvalue weighted by Gasteiger charge is 2.15. The van der Waals surface area contributed by atoms with Crippen LogP contribution in [0.2, 0.25) is 0 Å². The number of ether oxygens (including phenoxy) is 1. The molecule has 18 heavy (non-hydrogen) atoms. The van der Waals surface area contributed by atoms with Gasteiger partial charge in [-0.1, -0.05) is 0 Å². The number of rotatable bonds is 2. The van der Waals surface area contributed by atoms with Crippen molar-refractivity contribution in [1.82, 2.24) is 9.97 Å². The van der Waals surface area contributed by atoms with Gasteiger partial charge in [-0.2, -0.15) is 0 Å². The number of nitrogen functional groups attached to an aromatic ring is 1. The summed E-state index contributed by atoms with van der Waals surface area (Å²) in [5.74, 6) is 0.836. The average molecular weight is 244 g/mol. The molecule has 1 aliphatic heterocycles. The second kappa shape index (κ2) is 4.78. The highest BCUT2D eigenvalue weighted by Crippen LogP contribution is 2.23. The van der Waals surface area contributed by atoms with Crippen LogP contribution in [0.5, 0.6) is 0 Å². The van der Waals surface area contributed by atoms with E-state index in [1.807, 2.05) is 18.2 Å². The minimum atomic E-state index is 0.318. The van der Waals surface area contributed by atoms with Crippen molar-refractivity contribution >= 4 is 22.4 Å². The van der Waals surface area contributed by atoms with Crippen molar-refractivity contribution < 1.29 is 4.74 Å². The van der Waals surface area contributed by atoms with Crippen LogP contribution in [-0.2, 0) is 4.74 Å². The molecule has 1 unspecified atom stereocenters. The second-order valence-electron chi connectivity index (χ2n) is 4.56. The van der Waals surface area contributed by atoms with Crippen LogP contribution in [-0.4, -0.2) is 29.2 Å². The van der Waals surface area contributed by atoms with Gasteiger partial charge >= 0.3 is 0 Å². The normalized spacial score (nSPS) is 19.9. The molecule has 2 heterocycles. The van der Waals surface area contributed by atoms with Crippen LogP contribution in [0.25, 0.3) is 10.9 Å². The summed E-state index contributed by atoms with van der Waals surface area (Å²) in [6.45, 7) is 1.59. The van der Waals surface area contributed by atoms with Crippen LogP contribution >= 0.6 is 0 Å². The van der Waals surface area contributed by atoms with Crippen molar-refractivity contribution in [2.75, 3.05) is 24.3 Å². The Balaban J connectivity index is 1.92. The monoisotopic (exact) mass is 244 g/mol. The lowest BCUT2D eigenvalue weighted by Gasteiger charge is -2.24. The first-order valence-electron chi connectivity index (χ1n) is 6.17. The first-order chi connectivity index (χ1) is 8.83. The third-order valence-electron chi connectivity index (χ3n) is 3.16. The smallest absolute Gasteiger partial charge is 0.137 e. The summed E-state index contributed by atoms with van der Waals surface area (Å²) in [5, 5.41) is 4.38. The van der Waals surface area contributed by atoms with Gasteiger partial charge in [-0.15, -0.1) is 0 Å². The summed E-state index contributed by atoms with van der Waals surface area (Å²) >= 11 is 0. The van der Waals surface area contributed by atoms with E-state index in [1.165, 1.54) is 0 Å². The number of hydrogen-bond acceptors (Lipinski definition) is 5. The van der Waals surface area contributed by atoms with Gasteiger partial charge in [0.15, 0.2) is 0 Å². The van der Waals surface area contributed by atoms with Gasteiger partial charge in [0.1, 0.15) is 12.1 Å². The maximum atomic E-state index is 5.82. The lowest BCUT2D eigenvalue weighted by molar-refractivity contribution is 0.0875. The first-order valence-corrected chi connectivity index (χ1v) is 6.17. The highest BCUT2D eigenvalue weighted by molar-refractivity contribution is 5.91. The predicted molar refractivity (Wildman–Crippen MR) is 71.4 cm³/mol. The van der Waals surface area contributed by atoms with Gasteiger partial charge < -0.3 is 15.8 Å². The molecule has 1 atom stereocenters.